The SMILES string of the molecule is COc1cccc(CN2CCC(=O)CC2)c1.COc1cccc(CN2CCC3(CC2)NCCO3)c1.Cl.O=C1CCNCC1. The van der Waals surface area contributed by atoms with Gasteiger partial charge in [0, 0.05) is 97.4 Å². The number of carbonyl (C=O) groups is 2. The highest BCUT2D eigenvalue weighted by molar-refractivity contribution is 5.85. The van der Waals surface area contributed by atoms with E-state index < -0.39 is 0 Å². The molecule has 4 heterocycles. The zero-order valence-corrected chi connectivity index (χ0v) is 26.6. The van der Waals surface area contributed by atoms with Crippen LogP contribution < -0.4 is 20.1 Å². The number of carbonyl (C=O) groups excluding carboxylic acids is 2. The van der Waals surface area contributed by atoms with Gasteiger partial charge in [0.15, 0.2) is 0 Å². The number of hydrogen-bond acceptors (Lipinski definition) is 9. The minimum atomic E-state index is -0.0229. The van der Waals surface area contributed by atoms with E-state index in [0.29, 0.717) is 24.4 Å². The molecule has 9 nitrogen and oxygen atoms in total. The van der Waals surface area contributed by atoms with Crippen LogP contribution >= 0.6 is 12.4 Å². The molecule has 0 amide bonds. The quantitative estimate of drug-likeness (QED) is 0.502. The van der Waals surface area contributed by atoms with E-state index in [1.54, 1.807) is 14.2 Å². The molecule has 1 spiro atoms. The molecule has 0 saturated carbocycles. The summed E-state index contributed by atoms with van der Waals surface area (Å²) in [5.41, 5.74) is 2.54. The van der Waals surface area contributed by atoms with Crippen molar-refractivity contribution in [2.75, 3.05) is 66.6 Å². The molecule has 2 aromatic rings. The van der Waals surface area contributed by atoms with E-state index in [2.05, 4.69) is 50.8 Å². The molecule has 0 aromatic heterocycles. The second kappa shape index (κ2) is 18.3. The minimum Gasteiger partial charge on any atom is -0.497 e. The fourth-order valence-corrected chi connectivity index (χ4v) is 5.69. The van der Waals surface area contributed by atoms with Gasteiger partial charge in [0.2, 0.25) is 0 Å². The molecular formula is C33H49ClN4O5. The van der Waals surface area contributed by atoms with Crippen molar-refractivity contribution in [1.82, 2.24) is 20.4 Å². The molecule has 4 fully saturated rings. The first-order chi connectivity index (χ1) is 20.5. The molecule has 10 heteroatoms. The number of ether oxygens (including phenoxy) is 3. The van der Waals surface area contributed by atoms with Crippen molar-refractivity contribution in [3.05, 3.63) is 59.7 Å². The maximum Gasteiger partial charge on any atom is 0.135 e. The molecule has 0 radical (unpaired) electrons. The van der Waals surface area contributed by atoms with E-state index in [1.807, 2.05) is 18.2 Å². The number of halogens is 1. The summed E-state index contributed by atoms with van der Waals surface area (Å²) in [5.74, 6) is 2.62. The maximum atomic E-state index is 11.1. The van der Waals surface area contributed by atoms with Crippen LogP contribution in [0.5, 0.6) is 11.5 Å². The summed E-state index contributed by atoms with van der Waals surface area (Å²) >= 11 is 0. The first-order valence-corrected chi connectivity index (χ1v) is 15.3. The fraction of sp³-hybridized carbons (Fsp3) is 0.576. The summed E-state index contributed by atoms with van der Waals surface area (Å²) in [6.45, 7) is 9.47. The van der Waals surface area contributed by atoms with Crippen LogP contribution in [-0.4, -0.2) is 93.7 Å². The van der Waals surface area contributed by atoms with Gasteiger partial charge >= 0.3 is 0 Å². The van der Waals surface area contributed by atoms with Crippen molar-refractivity contribution >= 4 is 24.0 Å². The molecule has 43 heavy (non-hydrogen) atoms. The van der Waals surface area contributed by atoms with Gasteiger partial charge < -0.3 is 19.5 Å². The average Bonchev–Trinajstić information content (AvgIpc) is 3.49. The summed E-state index contributed by atoms with van der Waals surface area (Å²) in [6.07, 6.45) is 5.03. The number of nitrogens with zero attached hydrogens (tertiary/aromatic N) is 2. The number of hydrogen-bond donors (Lipinski definition) is 2. The zero-order valence-electron chi connectivity index (χ0n) is 25.8. The molecule has 4 saturated heterocycles. The van der Waals surface area contributed by atoms with Crippen molar-refractivity contribution in [2.24, 2.45) is 0 Å². The van der Waals surface area contributed by atoms with Gasteiger partial charge in [0.05, 0.1) is 20.8 Å². The van der Waals surface area contributed by atoms with Crippen LogP contribution in [0.1, 0.15) is 49.7 Å². The lowest BCUT2D eigenvalue weighted by atomic mass is 10.00. The minimum absolute atomic E-state index is 0. The molecule has 0 bridgehead atoms. The van der Waals surface area contributed by atoms with Gasteiger partial charge in [-0.2, -0.15) is 0 Å². The highest BCUT2D eigenvalue weighted by atomic mass is 35.5. The van der Waals surface area contributed by atoms with Crippen molar-refractivity contribution in [2.45, 2.75) is 57.3 Å². The van der Waals surface area contributed by atoms with Crippen LogP contribution in [-0.2, 0) is 27.4 Å². The molecule has 0 unspecified atom stereocenters. The van der Waals surface area contributed by atoms with E-state index >= 15 is 0 Å². The summed E-state index contributed by atoms with van der Waals surface area (Å²) in [7, 11) is 3.39. The normalized spacial score (nSPS) is 20.2. The van der Waals surface area contributed by atoms with Gasteiger partial charge in [-0.15, -0.1) is 12.4 Å². The van der Waals surface area contributed by atoms with Gasteiger partial charge in [0.1, 0.15) is 28.8 Å². The molecule has 2 N–H and O–H groups in total. The van der Waals surface area contributed by atoms with Gasteiger partial charge in [-0.1, -0.05) is 24.3 Å². The topological polar surface area (TPSA) is 92.4 Å². The first-order valence-electron chi connectivity index (χ1n) is 15.3. The number of likely N-dealkylation sites (tertiary alicyclic amines) is 2. The fourth-order valence-electron chi connectivity index (χ4n) is 5.69. The standard InChI is InChI=1S/C15H22N2O2.C13H17NO2.C5H9NO.ClH/c1-18-14-4-2-3-13(11-14)12-17-8-5-15(6-9-17)16-7-10-19-15;1-16-13-4-2-3-11(9-13)10-14-7-5-12(15)6-8-14;7-5-1-3-6-4-2-5;/h2-4,11,16H,5-10,12H2,1H3;2-4,9H,5-8,10H2,1H3;6H,1-4H2;1H. The number of rotatable bonds is 6. The van der Waals surface area contributed by atoms with Gasteiger partial charge in [0.25, 0.3) is 0 Å². The molecule has 2 aromatic carbocycles. The van der Waals surface area contributed by atoms with Crippen LogP contribution in [0.15, 0.2) is 48.5 Å². The molecule has 238 valence electrons. The predicted molar refractivity (Wildman–Crippen MR) is 171 cm³/mol. The second-order valence-corrected chi connectivity index (χ2v) is 11.4. The third-order valence-corrected chi connectivity index (χ3v) is 8.25. The van der Waals surface area contributed by atoms with Gasteiger partial charge in [-0.25, -0.2) is 0 Å². The van der Waals surface area contributed by atoms with Crippen molar-refractivity contribution in [1.29, 1.82) is 0 Å². The van der Waals surface area contributed by atoms with Crippen LogP contribution in [0.25, 0.3) is 0 Å². The summed E-state index contributed by atoms with van der Waals surface area (Å²) in [5, 5.41) is 6.60. The largest absolute Gasteiger partial charge is 0.497 e. The number of benzene rings is 2. The molecular weight excluding hydrogens is 568 g/mol. The van der Waals surface area contributed by atoms with E-state index in [0.717, 1.165) is 103 Å². The molecule has 6 rings (SSSR count). The molecule has 0 atom stereocenters. The number of nitrogens with one attached hydrogen (secondary N) is 2. The van der Waals surface area contributed by atoms with Crippen molar-refractivity contribution in [3.63, 3.8) is 0 Å². The van der Waals surface area contributed by atoms with Crippen LogP contribution in [0, 0.1) is 0 Å². The summed E-state index contributed by atoms with van der Waals surface area (Å²) in [4.78, 5) is 26.3. The van der Waals surface area contributed by atoms with Gasteiger partial charge in [-0.3, -0.25) is 24.7 Å². The molecule has 0 aliphatic carbocycles. The molecule has 4 aliphatic rings. The lowest BCUT2D eigenvalue weighted by Crippen LogP contribution is -2.50. The molecule has 4 aliphatic heterocycles. The Kier molecular flexibility index (Phi) is 14.9. The Hall–Kier alpha value is -2.53. The Bertz CT molecular complexity index is 1120. The zero-order chi connectivity index (χ0) is 29.6. The van der Waals surface area contributed by atoms with Crippen LogP contribution in [0.3, 0.4) is 0 Å². The third-order valence-electron chi connectivity index (χ3n) is 8.25. The average molecular weight is 617 g/mol. The Morgan fingerprint density at radius 1 is 0.744 bits per heavy atom. The number of ketones is 2. The van der Waals surface area contributed by atoms with E-state index in [9.17, 15) is 9.59 Å². The monoisotopic (exact) mass is 616 g/mol. The van der Waals surface area contributed by atoms with Crippen LogP contribution in [0.2, 0.25) is 0 Å². The number of methoxy groups -OCH3 is 2. The summed E-state index contributed by atoms with van der Waals surface area (Å²) in [6, 6.07) is 16.4. The first kappa shape index (κ1) is 35.0. The van der Waals surface area contributed by atoms with E-state index in [-0.39, 0.29) is 18.1 Å². The van der Waals surface area contributed by atoms with E-state index in [1.165, 1.54) is 11.1 Å². The lowest BCUT2D eigenvalue weighted by molar-refractivity contribution is -0.121. The Morgan fingerprint density at radius 2 is 1.26 bits per heavy atom. The Balaban J connectivity index is 0.000000191. The summed E-state index contributed by atoms with van der Waals surface area (Å²) < 4.78 is 16.3. The van der Waals surface area contributed by atoms with Crippen LogP contribution in [0.4, 0.5) is 0 Å². The predicted octanol–water partition coefficient (Wildman–Crippen LogP) is 3.83. The van der Waals surface area contributed by atoms with Crippen molar-refractivity contribution < 1.29 is 23.8 Å². The highest BCUT2D eigenvalue weighted by Gasteiger charge is 2.37. The van der Waals surface area contributed by atoms with Gasteiger partial charge in [-0.05, 0) is 35.4 Å². The Labute approximate surface area is 263 Å². The van der Waals surface area contributed by atoms with E-state index in [4.69, 9.17) is 14.2 Å². The number of Topliss-reactive ketones (excluding diaryl/α,β-unsaturated/α-hetero) is 2. The lowest BCUT2D eigenvalue weighted by Gasteiger charge is -2.38. The highest BCUT2D eigenvalue weighted by Crippen LogP contribution is 2.27. The smallest absolute Gasteiger partial charge is 0.135 e. The number of piperidine rings is 3. The second-order valence-electron chi connectivity index (χ2n) is 11.4. The third kappa shape index (κ3) is 11.8. The Morgan fingerprint density at radius 3 is 1.70 bits per heavy atom. The maximum absolute atomic E-state index is 11.1. The van der Waals surface area contributed by atoms with Crippen molar-refractivity contribution in [3.8, 4) is 11.5 Å².